The van der Waals surface area contributed by atoms with Crippen LogP contribution in [-0.2, 0) is 17.7 Å². The van der Waals surface area contributed by atoms with E-state index in [0.29, 0.717) is 12.3 Å². The predicted molar refractivity (Wildman–Crippen MR) is 79.6 cm³/mol. The zero-order valence-corrected chi connectivity index (χ0v) is 12.4. The molecule has 0 fully saturated rings. The molecule has 3 rings (SSSR count). The van der Waals surface area contributed by atoms with Gasteiger partial charge < -0.3 is 9.64 Å². The fourth-order valence-electron chi connectivity index (χ4n) is 2.70. The number of aromatic nitrogens is 2. The lowest BCUT2D eigenvalue weighted by molar-refractivity contribution is 0.0516. The van der Waals surface area contributed by atoms with Gasteiger partial charge in [-0.15, -0.1) is 0 Å². The Morgan fingerprint density at radius 1 is 1.33 bits per heavy atom. The van der Waals surface area contributed by atoms with Crippen molar-refractivity contribution in [3.8, 4) is 5.69 Å². The van der Waals surface area contributed by atoms with E-state index in [1.54, 1.807) is 0 Å². The maximum Gasteiger partial charge on any atom is 0.359 e. The molecule has 1 aromatic heterocycles. The first-order valence-corrected chi connectivity index (χ1v) is 7.22. The number of para-hydroxylation sites is 1. The molecule has 5 nitrogen and oxygen atoms in total. The molecule has 110 valence electrons. The molecule has 0 amide bonds. The minimum atomic E-state index is -0.335. The fraction of sp³-hybridized carbons (Fsp3) is 0.375. The minimum absolute atomic E-state index is 0.335. The second-order valence-corrected chi connectivity index (χ2v) is 5.23. The number of hydrogen-bond donors (Lipinski definition) is 0. The lowest BCUT2D eigenvalue weighted by atomic mass is 10.1. The van der Waals surface area contributed by atoms with Gasteiger partial charge in [-0.25, -0.2) is 9.48 Å². The molecule has 0 N–H and O–H groups in total. The number of carbonyl (C=O) groups is 1. The number of ether oxygens (including phenoxy) is 1. The van der Waals surface area contributed by atoms with Gasteiger partial charge in [-0.05, 0) is 26.1 Å². The van der Waals surface area contributed by atoms with E-state index in [0.717, 1.165) is 36.5 Å². The molecule has 0 saturated carbocycles. The fourth-order valence-corrected chi connectivity index (χ4v) is 2.70. The van der Waals surface area contributed by atoms with Gasteiger partial charge in [0, 0.05) is 25.1 Å². The van der Waals surface area contributed by atoms with Crippen LogP contribution >= 0.6 is 0 Å². The highest BCUT2D eigenvalue weighted by molar-refractivity contribution is 5.89. The summed E-state index contributed by atoms with van der Waals surface area (Å²) in [6.07, 6.45) is 0.882. The van der Waals surface area contributed by atoms with Gasteiger partial charge in [0.15, 0.2) is 5.69 Å². The summed E-state index contributed by atoms with van der Waals surface area (Å²) in [7, 11) is 2.05. The number of likely N-dealkylation sites (N-methyl/N-ethyl adjacent to an activating group) is 1. The molecular formula is C16H19N3O2. The van der Waals surface area contributed by atoms with Crippen molar-refractivity contribution < 1.29 is 9.53 Å². The van der Waals surface area contributed by atoms with Gasteiger partial charge in [0.05, 0.1) is 18.0 Å². The first kappa shape index (κ1) is 13.8. The van der Waals surface area contributed by atoms with Gasteiger partial charge in [0.1, 0.15) is 0 Å². The Morgan fingerprint density at radius 3 is 2.81 bits per heavy atom. The van der Waals surface area contributed by atoms with Gasteiger partial charge in [-0.2, -0.15) is 5.10 Å². The van der Waals surface area contributed by atoms with Gasteiger partial charge in [-0.3, -0.25) is 0 Å². The number of esters is 1. The molecule has 2 aromatic rings. The van der Waals surface area contributed by atoms with Crippen LogP contribution in [-0.4, -0.2) is 40.8 Å². The molecule has 0 radical (unpaired) electrons. The highest BCUT2D eigenvalue weighted by atomic mass is 16.5. The summed E-state index contributed by atoms with van der Waals surface area (Å²) in [5, 5.41) is 4.53. The molecule has 0 unspecified atom stereocenters. The van der Waals surface area contributed by atoms with Gasteiger partial charge in [0.2, 0.25) is 0 Å². The third-order valence-electron chi connectivity index (χ3n) is 3.72. The highest BCUT2D eigenvalue weighted by Gasteiger charge is 2.28. The first-order chi connectivity index (χ1) is 10.2. The Kier molecular flexibility index (Phi) is 3.75. The van der Waals surface area contributed by atoms with Crippen LogP contribution in [0.1, 0.15) is 28.7 Å². The van der Waals surface area contributed by atoms with Crippen molar-refractivity contribution in [3.05, 3.63) is 47.3 Å². The van der Waals surface area contributed by atoms with Crippen LogP contribution in [0.3, 0.4) is 0 Å². The smallest absolute Gasteiger partial charge is 0.359 e. The van der Waals surface area contributed by atoms with Gasteiger partial charge in [0.25, 0.3) is 0 Å². The van der Waals surface area contributed by atoms with Crippen LogP contribution in [0.25, 0.3) is 5.69 Å². The average Bonchev–Trinajstić information content (AvgIpc) is 2.87. The maximum absolute atomic E-state index is 12.2. The first-order valence-electron chi connectivity index (χ1n) is 7.22. The van der Waals surface area contributed by atoms with E-state index in [2.05, 4.69) is 17.0 Å². The molecule has 0 aliphatic carbocycles. The summed E-state index contributed by atoms with van der Waals surface area (Å²) >= 11 is 0. The molecule has 1 aliphatic heterocycles. The van der Waals surface area contributed by atoms with Crippen molar-refractivity contribution in [2.75, 3.05) is 20.2 Å². The molecule has 5 heteroatoms. The topological polar surface area (TPSA) is 47.4 Å². The second-order valence-electron chi connectivity index (χ2n) is 5.23. The number of fused-ring (bicyclic) bond motifs is 1. The van der Waals surface area contributed by atoms with E-state index in [1.807, 2.05) is 41.9 Å². The molecule has 21 heavy (non-hydrogen) atoms. The summed E-state index contributed by atoms with van der Waals surface area (Å²) in [5.74, 6) is -0.335. The van der Waals surface area contributed by atoms with Crippen molar-refractivity contribution >= 4 is 5.97 Å². The van der Waals surface area contributed by atoms with Crippen molar-refractivity contribution in [3.63, 3.8) is 0 Å². The van der Waals surface area contributed by atoms with Crippen LogP contribution < -0.4 is 0 Å². The number of hydrogen-bond acceptors (Lipinski definition) is 4. The van der Waals surface area contributed by atoms with Crippen molar-refractivity contribution in [2.24, 2.45) is 0 Å². The highest BCUT2D eigenvalue weighted by Crippen LogP contribution is 2.25. The Balaban J connectivity index is 2.10. The Labute approximate surface area is 124 Å². The Hall–Kier alpha value is -2.14. The lowest BCUT2D eigenvalue weighted by Crippen LogP contribution is -2.28. The molecule has 0 atom stereocenters. The summed E-state index contributed by atoms with van der Waals surface area (Å²) in [6, 6.07) is 9.92. The number of benzene rings is 1. The van der Waals surface area contributed by atoms with E-state index in [-0.39, 0.29) is 5.97 Å². The van der Waals surface area contributed by atoms with E-state index in [4.69, 9.17) is 4.74 Å². The minimum Gasteiger partial charge on any atom is -0.461 e. The summed E-state index contributed by atoms with van der Waals surface area (Å²) in [5.41, 5.74) is 3.53. The number of carbonyl (C=O) groups excluding carboxylic acids is 1. The second kappa shape index (κ2) is 5.69. The maximum atomic E-state index is 12.2. The number of nitrogens with zero attached hydrogens (tertiary/aromatic N) is 3. The van der Waals surface area contributed by atoms with Crippen molar-refractivity contribution in [2.45, 2.75) is 19.9 Å². The lowest BCUT2D eigenvalue weighted by Gasteiger charge is -2.23. The third kappa shape index (κ3) is 2.56. The summed E-state index contributed by atoms with van der Waals surface area (Å²) in [4.78, 5) is 14.3. The van der Waals surface area contributed by atoms with Crippen LogP contribution in [0.15, 0.2) is 30.3 Å². The van der Waals surface area contributed by atoms with E-state index < -0.39 is 0 Å². The normalized spacial score (nSPS) is 14.8. The van der Waals surface area contributed by atoms with E-state index in [1.165, 1.54) is 0 Å². The molecule has 1 aliphatic rings. The van der Waals surface area contributed by atoms with E-state index in [9.17, 15) is 4.79 Å². The molecule has 1 aromatic carbocycles. The molecular weight excluding hydrogens is 266 g/mol. The molecule has 0 bridgehead atoms. The predicted octanol–water partition coefficient (Wildman–Crippen LogP) is 2.04. The van der Waals surface area contributed by atoms with Crippen LogP contribution in [0, 0.1) is 0 Å². The van der Waals surface area contributed by atoms with Crippen LogP contribution in [0.2, 0.25) is 0 Å². The molecule has 0 spiro atoms. The van der Waals surface area contributed by atoms with Crippen molar-refractivity contribution in [1.82, 2.24) is 14.7 Å². The standard InChI is InChI=1S/C16H19N3O2/c1-3-21-16(20)15-13-11-18(2)10-9-14(13)19(17-15)12-7-5-4-6-8-12/h4-8H,3,9-11H2,1-2H3. The average molecular weight is 285 g/mol. The zero-order chi connectivity index (χ0) is 14.8. The van der Waals surface area contributed by atoms with Crippen molar-refractivity contribution in [1.29, 1.82) is 0 Å². The summed E-state index contributed by atoms with van der Waals surface area (Å²) in [6.45, 7) is 3.87. The molecule has 2 heterocycles. The largest absolute Gasteiger partial charge is 0.461 e. The van der Waals surface area contributed by atoms with E-state index >= 15 is 0 Å². The quantitative estimate of drug-likeness (QED) is 0.810. The van der Waals surface area contributed by atoms with Gasteiger partial charge >= 0.3 is 5.97 Å². The Morgan fingerprint density at radius 2 is 2.10 bits per heavy atom. The zero-order valence-electron chi connectivity index (χ0n) is 12.4. The monoisotopic (exact) mass is 285 g/mol. The van der Waals surface area contributed by atoms with Crippen LogP contribution in [0.4, 0.5) is 0 Å². The SMILES string of the molecule is CCOC(=O)c1nn(-c2ccccc2)c2c1CN(C)CC2. The summed E-state index contributed by atoms with van der Waals surface area (Å²) < 4.78 is 7.03. The van der Waals surface area contributed by atoms with Gasteiger partial charge in [-0.1, -0.05) is 18.2 Å². The Bertz CT molecular complexity index is 649. The third-order valence-corrected chi connectivity index (χ3v) is 3.72. The molecule has 0 saturated heterocycles. The van der Waals surface area contributed by atoms with Crippen LogP contribution in [0.5, 0.6) is 0 Å². The number of rotatable bonds is 3.